The van der Waals surface area contributed by atoms with Crippen molar-refractivity contribution in [3.05, 3.63) is 67.9 Å². The highest BCUT2D eigenvalue weighted by Gasteiger charge is 2.19. The zero-order valence-electron chi connectivity index (χ0n) is 10.1. The molecule has 0 aliphatic rings. The van der Waals surface area contributed by atoms with Crippen molar-refractivity contribution in [2.24, 2.45) is 0 Å². The molecule has 1 nitrogen and oxygen atoms in total. The average Bonchev–Trinajstić information content (AvgIpc) is 2.39. The molecule has 0 saturated heterocycles. The summed E-state index contributed by atoms with van der Waals surface area (Å²) < 4.78 is 14.2. The third kappa shape index (κ3) is 3.11. The van der Waals surface area contributed by atoms with Crippen LogP contribution in [-0.4, -0.2) is 7.05 Å². The van der Waals surface area contributed by atoms with E-state index in [-0.39, 0.29) is 11.9 Å². The fraction of sp³-hybridized carbons (Fsp3) is 0.143. The Hall–Kier alpha value is -0.610. The molecule has 1 N–H and O–H groups in total. The molecule has 19 heavy (non-hydrogen) atoms. The number of halogens is 4. The average molecular weight is 363 g/mol. The lowest BCUT2D eigenvalue weighted by atomic mass is 9.98. The van der Waals surface area contributed by atoms with Crippen LogP contribution in [0.15, 0.2) is 40.9 Å². The van der Waals surface area contributed by atoms with E-state index in [9.17, 15) is 4.39 Å². The molecule has 2 rings (SSSR count). The monoisotopic (exact) mass is 361 g/mol. The van der Waals surface area contributed by atoms with Gasteiger partial charge in [0.15, 0.2) is 0 Å². The maximum absolute atomic E-state index is 13.4. The quantitative estimate of drug-likeness (QED) is 0.790. The molecule has 0 saturated carbocycles. The summed E-state index contributed by atoms with van der Waals surface area (Å²) in [6.45, 7) is 0. The molecule has 0 aliphatic heterocycles. The van der Waals surface area contributed by atoms with Crippen LogP contribution in [0.1, 0.15) is 17.2 Å². The molecule has 1 atom stereocenters. The van der Waals surface area contributed by atoms with Gasteiger partial charge in [-0.1, -0.05) is 35.3 Å². The van der Waals surface area contributed by atoms with Gasteiger partial charge in [0.2, 0.25) is 0 Å². The van der Waals surface area contributed by atoms with Gasteiger partial charge in [-0.3, -0.25) is 0 Å². The van der Waals surface area contributed by atoms with Gasteiger partial charge in [0.05, 0.1) is 11.1 Å². The van der Waals surface area contributed by atoms with Gasteiger partial charge in [0, 0.05) is 9.50 Å². The smallest absolute Gasteiger partial charge is 0.123 e. The highest BCUT2D eigenvalue weighted by atomic mass is 79.9. The predicted molar refractivity (Wildman–Crippen MR) is 81.5 cm³/mol. The number of nitrogens with one attached hydrogen (secondary N) is 1. The fourth-order valence-corrected chi connectivity index (χ4v) is 2.80. The standard InChI is InChI=1S/C14H11BrCl2FN/c1-19-14(9-3-2-4-11(15)13(9)17)10-7-8(18)5-6-12(10)16/h2-7,14,19H,1H3. The molecule has 0 bridgehead atoms. The first-order valence-corrected chi connectivity index (χ1v) is 7.15. The Bertz CT molecular complexity index is 602. The SMILES string of the molecule is CNC(c1cc(F)ccc1Cl)c1cccc(Br)c1Cl. The van der Waals surface area contributed by atoms with E-state index in [0.29, 0.717) is 15.6 Å². The topological polar surface area (TPSA) is 12.0 Å². The molecular weight excluding hydrogens is 352 g/mol. The third-order valence-electron chi connectivity index (χ3n) is 2.85. The van der Waals surface area contributed by atoms with Crippen molar-refractivity contribution in [2.45, 2.75) is 6.04 Å². The number of hydrogen-bond acceptors (Lipinski definition) is 1. The molecule has 0 fully saturated rings. The minimum atomic E-state index is -0.328. The summed E-state index contributed by atoms with van der Waals surface area (Å²) in [7, 11) is 1.78. The Morgan fingerprint density at radius 2 is 1.89 bits per heavy atom. The summed E-state index contributed by atoms with van der Waals surface area (Å²) in [6, 6.07) is 9.64. The second kappa shape index (κ2) is 6.23. The molecule has 0 spiro atoms. The maximum atomic E-state index is 13.4. The lowest BCUT2D eigenvalue weighted by Crippen LogP contribution is -2.18. The Kier molecular flexibility index (Phi) is 4.85. The van der Waals surface area contributed by atoms with Crippen LogP contribution in [-0.2, 0) is 0 Å². The van der Waals surface area contributed by atoms with Crippen LogP contribution >= 0.6 is 39.1 Å². The Morgan fingerprint density at radius 1 is 1.16 bits per heavy atom. The fourth-order valence-electron chi connectivity index (χ4n) is 1.96. The number of rotatable bonds is 3. The van der Waals surface area contributed by atoms with Gasteiger partial charge in [-0.2, -0.15) is 0 Å². The Balaban J connectivity index is 2.56. The van der Waals surface area contributed by atoms with Crippen LogP contribution in [0.3, 0.4) is 0 Å². The zero-order chi connectivity index (χ0) is 14.0. The van der Waals surface area contributed by atoms with Crippen molar-refractivity contribution < 1.29 is 4.39 Å². The van der Waals surface area contributed by atoms with Crippen molar-refractivity contribution in [3.8, 4) is 0 Å². The van der Waals surface area contributed by atoms with Crippen molar-refractivity contribution in [1.29, 1.82) is 0 Å². The van der Waals surface area contributed by atoms with E-state index in [4.69, 9.17) is 23.2 Å². The molecular formula is C14H11BrCl2FN. The lowest BCUT2D eigenvalue weighted by Gasteiger charge is -2.20. The van der Waals surface area contributed by atoms with E-state index in [0.717, 1.165) is 10.0 Å². The molecule has 1 unspecified atom stereocenters. The predicted octanol–water partition coefficient (Wildman–Crippen LogP) is 5.20. The van der Waals surface area contributed by atoms with Gasteiger partial charge in [0.1, 0.15) is 5.82 Å². The van der Waals surface area contributed by atoms with Crippen molar-refractivity contribution >= 4 is 39.1 Å². The second-order valence-electron chi connectivity index (χ2n) is 4.03. The first-order valence-electron chi connectivity index (χ1n) is 5.60. The molecule has 5 heteroatoms. The van der Waals surface area contributed by atoms with Gasteiger partial charge >= 0.3 is 0 Å². The molecule has 0 amide bonds. The maximum Gasteiger partial charge on any atom is 0.123 e. The number of benzene rings is 2. The second-order valence-corrected chi connectivity index (χ2v) is 5.67. The normalized spacial score (nSPS) is 12.5. The van der Waals surface area contributed by atoms with E-state index in [1.165, 1.54) is 12.1 Å². The molecule has 100 valence electrons. The van der Waals surface area contributed by atoms with E-state index in [1.807, 2.05) is 18.2 Å². The lowest BCUT2D eigenvalue weighted by molar-refractivity contribution is 0.617. The first kappa shape index (κ1) is 14.8. The van der Waals surface area contributed by atoms with Crippen LogP contribution in [0, 0.1) is 5.82 Å². The summed E-state index contributed by atoms with van der Waals surface area (Å²) in [5, 5.41) is 4.20. The molecule has 0 radical (unpaired) electrons. The summed E-state index contributed by atoms with van der Waals surface area (Å²) in [5.74, 6) is -0.328. The van der Waals surface area contributed by atoms with Gasteiger partial charge in [0.25, 0.3) is 0 Å². The third-order valence-corrected chi connectivity index (χ3v) is 4.51. The van der Waals surface area contributed by atoms with Crippen molar-refractivity contribution in [3.63, 3.8) is 0 Å². The minimum absolute atomic E-state index is 0.270. The highest BCUT2D eigenvalue weighted by Crippen LogP contribution is 2.35. The summed E-state index contributed by atoms with van der Waals surface area (Å²) in [5.41, 5.74) is 1.50. The van der Waals surface area contributed by atoms with Crippen LogP contribution < -0.4 is 5.32 Å². The van der Waals surface area contributed by atoms with E-state index >= 15 is 0 Å². The minimum Gasteiger partial charge on any atom is -0.309 e. The van der Waals surface area contributed by atoms with E-state index in [2.05, 4.69) is 21.2 Å². The largest absolute Gasteiger partial charge is 0.309 e. The van der Waals surface area contributed by atoms with Gasteiger partial charge in [-0.25, -0.2) is 4.39 Å². The van der Waals surface area contributed by atoms with Crippen molar-refractivity contribution in [1.82, 2.24) is 5.32 Å². The summed E-state index contributed by atoms with van der Waals surface area (Å²) in [4.78, 5) is 0. The Morgan fingerprint density at radius 3 is 2.58 bits per heavy atom. The van der Waals surface area contributed by atoms with Crippen molar-refractivity contribution in [2.75, 3.05) is 7.05 Å². The summed E-state index contributed by atoms with van der Waals surface area (Å²) >= 11 is 15.8. The van der Waals surface area contributed by atoms with Crippen LogP contribution in [0.25, 0.3) is 0 Å². The molecule has 0 heterocycles. The Labute approximate surface area is 129 Å². The highest BCUT2D eigenvalue weighted by molar-refractivity contribution is 9.10. The van der Waals surface area contributed by atoms with Crippen LogP contribution in [0.4, 0.5) is 4.39 Å². The van der Waals surface area contributed by atoms with Gasteiger partial charge in [-0.15, -0.1) is 0 Å². The van der Waals surface area contributed by atoms with Crippen LogP contribution in [0.5, 0.6) is 0 Å². The van der Waals surface area contributed by atoms with Gasteiger partial charge in [-0.05, 0) is 58.4 Å². The molecule has 0 aliphatic carbocycles. The molecule has 2 aromatic carbocycles. The number of hydrogen-bond donors (Lipinski definition) is 1. The molecule has 0 aromatic heterocycles. The van der Waals surface area contributed by atoms with E-state index < -0.39 is 0 Å². The first-order chi connectivity index (χ1) is 9.04. The molecule has 2 aromatic rings. The van der Waals surface area contributed by atoms with E-state index in [1.54, 1.807) is 13.1 Å². The van der Waals surface area contributed by atoms with Crippen LogP contribution in [0.2, 0.25) is 10.0 Å². The van der Waals surface area contributed by atoms with Gasteiger partial charge < -0.3 is 5.32 Å². The zero-order valence-corrected chi connectivity index (χ0v) is 13.2. The summed E-state index contributed by atoms with van der Waals surface area (Å²) in [6.07, 6.45) is 0.